The normalized spacial score (nSPS) is 21.3. The molecule has 1 rings (SSSR count). The summed E-state index contributed by atoms with van der Waals surface area (Å²) in [5.74, 6) is 2.13. The molecule has 17 heavy (non-hydrogen) atoms. The summed E-state index contributed by atoms with van der Waals surface area (Å²) in [5.41, 5.74) is 0. The van der Waals surface area contributed by atoms with Gasteiger partial charge in [0.05, 0.1) is 12.7 Å². The fourth-order valence-electron chi connectivity index (χ4n) is 2.77. The second-order valence-corrected chi connectivity index (χ2v) is 5.88. The Balaban J connectivity index is 2.65. The van der Waals surface area contributed by atoms with E-state index in [1.807, 2.05) is 0 Å². The van der Waals surface area contributed by atoms with E-state index in [2.05, 4.69) is 44.8 Å². The van der Waals surface area contributed by atoms with Crippen molar-refractivity contribution in [2.45, 2.75) is 53.6 Å². The lowest BCUT2D eigenvalue weighted by Gasteiger charge is -2.32. The quantitative estimate of drug-likeness (QED) is 0.773. The molecule has 0 radical (unpaired) electrons. The van der Waals surface area contributed by atoms with Crippen LogP contribution in [0.25, 0.3) is 0 Å². The summed E-state index contributed by atoms with van der Waals surface area (Å²) in [7, 11) is 0. The Morgan fingerprint density at radius 2 is 1.88 bits per heavy atom. The van der Waals surface area contributed by atoms with E-state index in [9.17, 15) is 4.79 Å². The highest BCUT2D eigenvalue weighted by atomic mass is 16.2. The van der Waals surface area contributed by atoms with Gasteiger partial charge in [0.2, 0.25) is 5.91 Å². The molecule has 1 atom stereocenters. The molecule has 0 aromatic carbocycles. The standard InChI is InChI=1S/C14H28N2O/c1-6-7-13-15-8-14(17)16(13)9-12(10(2)3)11(4)5/h10-13,15H,6-9H2,1-5H3. The number of nitrogens with zero attached hydrogens (tertiary/aromatic N) is 1. The first-order valence-corrected chi connectivity index (χ1v) is 7.00. The van der Waals surface area contributed by atoms with Gasteiger partial charge < -0.3 is 4.90 Å². The topological polar surface area (TPSA) is 32.3 Å². The fourth-order valence-corrected chi connectivity index (χ4v) is 2.77. The molecule has 0 aliphatic carbocycles. The van der Waals surface area contributed by atoms with Gasteiger partial charge >= 0.3 is 0 Å². The Labute approximate surface area is 106 Å². The Bertz CT molecular complexity index is 243. The van der Waals surface area contributed by atoms with Gasteiger partial charge in [-0.05, 0) is 24.2 Å². The molecule has 1 fully saturated rings. The number of hydrogen-bond donors (Lipinski definition) is 1. The molecule has 0 aromatic rings. The Hall–Kier alpha value is -0.570. The van der Waals surface area contributed by atoms with E-state index in [-0.39, 0.29) is 12.1 Å². The van der Waals surface area contributed by atoms with Crippen molar-refractivity contribution in [2.24, 2.45) is 17.8 Å². The van der Waals surface area contributed by atoms with E-state index in [1.54, 1.807) is 0 Å². The zero-order chi connectivity index (χ0) is 13.0. The van der Waals surface area contributed by atoms with Crippen LogP contribution in [0.3, 0.4) is 0 Å². The summed E-state index contributed by atoms with van der Waals surface area (Å²) in [6.07, 6.45) is 2.46. The third-order valence-electron chi connectivity index (χ3n) is 3.87. The van der Waals surface area contributed by atoms with Crippen molar-refractivity contribution in [3.8, 4) is 0 Å². The van der Waals surface area contributed by atoms with Crippen molar-refractivity contribution in [1.29, 1.82) is 0 Å². The van der Waals surface area contributed by atoms with Gasteiger partial charge in [-0.25, -0.2) is 0 Å². The molecule has 100 valence electrons. The highest BCUT2D eigenvalue weighted by Crippen LogP contribution is 2.24. The van der Waals surface area contributed by atoms with E-state index in [0.717, 1.165) is 19.4 Å². The third kappa shape index (κ3) is 3.70. The summed E-state index contributed by atoms with van der Waals surface area (Å²) in [4.78, 5) is 14.0. The smallest absolute Gasteiger partial charge is 0.237 e. The molecule has 0 saturated carbocycles. The monoisotopic (exact) mass is 240 g/mol. The Kier molecular flexibility index (Phi) is 5.44. The number of carbonyl (C=O) groups excluding carboxylic acids is 1. The summed E-state index contributed by atoms with van der Waals surface area (Å²) >= 11 is 0. The van der Waals surface area contributed by atoms with Crippen LogP contribution in [-0.2, 0) is 4.79 Å². The molecule has 0 bridgehead atoms. The van der Waals surface area contributed by atoms with Gasteiger partial charge in [-0.2, -0.15) is 0 Å². The number of nitrogens with one attached hydrogen (secondary N) is 1. The second kappa shape index (κ2) is 6.39. The lowest BCUT2D eigenvalue weighted by Crippen LogP contribution is -2.42. The van der Waals surface area contributed by atoms with E-state index >= 15 is 0 Å². The Morgan fingerprint density at radius 1 is 1.29 bits per heavy atom. The second-order valence-electron chi connectivity index (χ2n) is 5.88. The number of amides is 1. The molecule has 0 spiro atoms. The average Bonchev–Trinajstić information content (AvgIpc) is 2.56. The van der Waals surface area contributed by atoms with Gasteiger partial charge in [0.1, 0.15) is 0 Å². The fraction of sp³-hybridized carbons (Fsp3) is 0.929. The van der Waals surface area contributed by atoms with Gasteiger partial charge in [0, 0.05) is 6.54 Å². The first-order chi connectivity index (χ1) is 7.97. The number of carbonyl (C=O) groups is 1. The van der Waals surface area contributed by atoms with Crippen molar-refractivity contribution in [3.63, 3.8) is 0 Å². The summed E-state index contributed by atoms with van der Waals surface area (Å²) < 4.78 is 0. The maximum absolute atomic E-state index is 11.9. The van der Waals surface area contributed by atoms with Crippen molar-refractivity contribution >= 4 is 5.91 Å². The van der Waals surface area contributed by atoms with Crippen LogP contribution in [0.15, 0.2) is 0 Å². The van der Waals surface area contributed by atoms with Crippen molar-refractivity contribution in [3.05, 3.63) is 0 Å². The number of rotatable bonds is 6. The van der Waals surface area contributed by atoms with Gasteiger partial charge in [0.25, 0.3) is 0 Å². The molecule has 1 aliphatic rings. The minimum atomic E-state index is 0.271. The molecule has 1 aliphatic heterocycles. The highest BCUT2D eigenvalue weighted by molar-refractivity contribution is 5.80. The minimum absolute atomic E-state index is 0.271. The predicted molar refractivity (Wildman–Crippen MR) is 71.6 cm³/mol. The van der Waals surface area contributed by atoms with E-state index < -0.39 is 0 Å². The molecule has 3 heteroatoms. The Morgan fingerprint density at radius 3 is 2.35 bits per heavy atom. The maximum Gasteiger partial charge on any atom is 0.237 e. The first-order valence-electron chi connectivity index (χ1n) is 7.00. The van der Waals surface area contributed by atoms with Crippen molar-refractivity contribution < 1.29 is 4.79 Å². The molecule has 1 unspecified atom stereocenters. The maximum atomic E-state index is 11.9. The van der Waals surface area contributed by atoms with Crippen LogP contribution in [-0.4, -0.2) is 30.1 Å². The van der Waals surface area contributed by atoms with Crippen LogP contribution in [0.2, 0.25) is 0 Å². The van der Waals surface area contributed by atoms with Crippen LogP contribution >= 0.6 is 0 Å². The van der Waals surface area contributed by atoms with Crippen molar-refractivity contribution in [2.75, 3.05) is 13.1 Å². The summed E-state index contributed by atoms with van der Waals surface area (Å²) in [6.45, 7) is 12.6. The SMILES string of the molecule is CCCC1NCC(=O)N1CC(C(C)C)C(C)C. The van der Waals surface area contributed by atoms with Crippen molar-refractivity contribution in [1.82, 2.24) is 10.2 Å². The summed E-state index contributed by atoms with van der Waals surface area (Å²) in [5, 5.41) is 3.32. The lowest BCUT2D eigenvalue weighted by molar-refractivity contribution is -0.129. The van der Waals surface area contributed by atoms with E-state index in [4.69, 9.17) is 0 Å². The van der Waals surface area contributed by atoms with E-state index in [1.165, 1.54) is 0 Å². The molecule has 0 aromatic heterocycles. The van der Waals surface area contributed by atoms with Crippen LogP contribution < -0.4 is 5.32 Å². The average molecular weight is 240 g/mol. The highest BCUT2D eigenvalue weighted by Gasteiger charge is 2.32. The molecular formula is C14H28N2O. The third-order valence-corrected chi connectivity index (χ3v) is 3.87. The predicted octanol–water partition coefficient (Wildman–Crippen LogP) is 2.47. The molecular weight excluding hydrogens is 212 g/mol. The van der Waals surface area contributed by atoms with Gasteiger partial charge in [-0.15, -0.1) is 0 Å². The van der Waals surface area contributed by atoms with Crippen LogP contribution in [0.5, 0.6) is 0 Å². The van der Waals surface area contributed by atoms with E-state index in [0.29, 0.717) is 24.3 Å². The molecule has 1 saturated heterocycles. The minimum Gasteiger partial charge on any atom is -0.326 e. The molecule has 3 nitrogen and oxygen atoms in total. The summed E-state index contributed by atoms with van der Waals surface area (Å²) in [6, 6.07) is 0. The number of hydrogen-bond acceptors (Lipinski definition) is 2. The van der Waals surface area contributed by atoms with Crippen LogP contribution in [0, 0.1) is 17.8 Å². The largest absolute Gasteiger partial charge is 0.326 e. The molecule has 1 N–H and O–H groups in total. The van der Waals surface area contributed by atoms with Crippen LogP contribution in [0.4, 0.5) is 0 Å². The van der Waals surface area contributed by atoms with Gasteiger partial charge in [-0.3, -0.25) is 10.1 Å². The van der Waals surface area contributed by atoms with Gasteiger partial charge in [-0.1, -0.05) is 41.0 Å². The first kappa shape index (κ1) is 14.5. The molecule has 1 amide bonds. The zero-order valence-corrected chi connectivity index (χ0v) is 12.0. The molecule has 1 heterocycles. The van der Waals surface area contributed by atoms with Gasteiger partial charge in [0.15, 0.2) is 0 Å². The zero-order valence-electron chi connectivity index (χ0n) is 12.0. The van der Waals surface area contributed by atoms with Crippen LogP contribution in [0.1, 0.15) is 47.5 Å². The lowest BCUT2D eigenvalue weighted by atomic mass is 9.85.